The molecule has 53 heavy (non-hydrogen) atoms. The molecule has 0 saturated heterocycles. The standard InChI is InChI=1S/C40H48O13/c41-37-33-13-1-3-15-35(33)39(43)52-31-11-7-9-29(27-31)48-17-5-6-18-49-30-10-8-12-32(28-30)53-40(44)36-16-4-2-14-34(36)38(42)51-26-24-47-22-20-45-19-21-46-23-25-50-37/h1-4,7-12,27-28,33-36H,5-6,13-26H2/t33-,34+,35+,36-. The number of rotatable bonds is 0. The molecule has 3 aliphatic rings. The highest BCUT2D eigenvalue weighted by Gasteiger charge is 2.38. The van der Waals surface area contributed by atoms with Gasteiger partial charge in [-0.1, -0.05) is 36.4 Å². The maximum Gasteiger partial charge on any atom is 0.315 e. The van der Waals surface area contributed by atoms with Crippen LogP contribution in [0.1, 0.15) is 38.5 Å². The first-order valence-electron chi connectivity index (χ1n) is 18.2. The number of esters is 4. The van der Waals surface area contributed by atoms with Gasteiger partial charge in [0.05, 0.1) is 76.5 Å². The highest BCUT2D eigenvalue weighted by Crippen LogP contribution is 2.31. The van der Waals surface area contributed by atoms with Crippen molar-refractivity contribution < 1.29 is 61.8 Å². The van der Waals surface area contributed by atoms with E-state index in [1.165, 1.54) is 0 Å². The van der Waals surface area contributed by atoms with Crippen molar-refractivity contribution in [3.8, 4) is 23.0 Å². The summed E-state index contributed by atoms with van der Waals surface area (Å²) in [6.07, 6.45) is 10.4. The summed E-state index contributed by atoms with van der Waals surface area (Å²) in [7, 11) is 0. The van der Waals surface area contributed by atoms with Crippen LogP contribution < -0.4 is 18.9 Å². The summed E-state index contributed by atoms with van der Waals surface area (Å²) in [5.74, 6) is -2.91. The summed E-state index contributed by atoms with van der Waals surface area (Å²) in [4.78, 5) is 52.1. The Bertz CT molecular complexity index is 1440. The topological polar surface area (TPSA) is 151 Å². The van der Waals surface area contributed by atoms with Crippen molar-refractivity contribution in [3.63, 3.8) is 0 Å². The van der Waals surface area contributed by atoms with E-state index in [-0.39, 0.29) is 39.6 Å². The molecule has 2 aromatic rings. The predicted octanol–water partition coefficient (Wildman–Crippen LogP) is 5.05. The van der Waals surface area contributed by atoms with Gasteiger partial charge in [-0.3, -0.25) is 19.2 Å². The molecule has 13 nitrogen and oxygen atoms in total. The van der Waals surface area contributed by atoms with Crippen molar-refractivity contribution in [2.45, 2.75) is 38.5 Å². The lowest BCUT2D eigenvalue weighted by Gasteiger charge is -2.25. The van der Waals surface area contributed by atoms with Gasteiger partial charge in [-0.2, -0.15) is 0 Å². The number of carbonyl (C=O) groups excluding carboxylic acids is 4. The normalized spacial score (nSPS) is 25.2. The van der Waals surface area contributed by atoms with Crippen LogP contribution in [-0.2, 0) is 42.9 Å². The predicted molar refractivity (Wildman–Crippen MR) is 189 cm³/mol. The van der Waals surface area contributed by atoms with Crippen LogP contribution in [0.25, 0.3) is 0 Å². The van der Waals surface area contributed by atoms with E-state index >= 15 is 0 Å². The summed E-state index contributed by atoms with van der Waals surface area (Å²) in [5, 5.41) is 0. The second-order valence-electron chi connectivity index (χ2n) is 12.7. The van der Waals surface area contributed by atoms with Crippen molar-refractivity contribution in [3.05, 3.63) is 72.8 Å². The van der Waals surface area contributed by atoms with Crippen LogP contribution in [-0.4, -0.2) is 89.9 Å². The monoisotopic (exact) mass is 736 g/mol. The molecule has 4 bridgehead atoms. The largest absolute Gasteiger partial charge is 0.493 e. The Labute approximate surface area is 309 Å². The van der Waals surface area contributed by atoms with Gasteiger partial charge in [0.1, 0.15) is 36.2 Å². The first-order chi connectivity index (χ1) is 26.0. The van der Waals surface area contributed by atoms with Crippen molar-refractivity contribution in [2.75, 3.05) is 66.1 Å². The summed E-state index contributed by atoms with van der Waals surface area (Å²) in [6, 6.07) is 13.6. The lowest BCUT2D eigenvalue weighted by molar-refractivity contribution is -0.158. The minimum absolute atomic E-state index is 0.0419. The van der Waals surface area contributed by atoms with Gasteiger partial charge in [-0.05, 0) is 62.8 Å². The fourth-order valence-corrected chi connectivity index (χ4v) is 6.05. The summed E-state index contributed by atoms with van der Waals surface area (Å²) in [5.41, 5.74) is 0. The molecule has 13 heteroatoms. The van der Waals surface area contributed by atoms with E-state index in [1.54, 1.807) is 48.5 Å². The van der Waals surface area contributed by atoms with E-state index in [1.807, 2.05) is 24.3 Å². The van der Waals surface area contributed by atoms with Crippen LogP contribution in [0.2, 0.25) is 0 Å². The minimum Gasteiger partial charge on any atom is -0.493 e. The zero-order valence-electron chi connectivity index (χ0n) is 29.9. The van der Waals surface area contributed by atoms with Gasteiger partial charge in [0.25, 0.3) is 0 Å². The van der Waals surface area contributed by atoms with E-state index in [9.17, 15) is 19.2 Å². The first kappa shape index (κ1) is 39.5. The fraction of sp³-hybridized carbons (Fsp3) is 0.500. The third kappa shape index (κ3) is 13.0. The molecule has 5 rings (SSSR count). The van der Waals surface area contributed by atoms with Gasteiger partial charge < -0.3 is 42.6 Å². The lowest BCUT2D eigenvalue weighted by atomic mass is 9.83. The second kappa shape index (κ2) is 21.7. The first-order valence-corrected chi connectivity index (χ1v) is 18.2. The van der Waals surface area contributed by atoms with E-state index < -0.39 is 47.5 Å². The van der Waals surface area contributed by atoms with Gasteiger partial charge in [-0.15, -0.1) is 0 Å². The zero-order valence-corrected chi connectivity index (χ0v) is 29.9. The maximum absolute atomic E-state index is 13.2. The number of allylic oxidation sites excluding steroid dienone is 4. The summed E-state index contributed by atoms with van der Waals surface area (Å²) >= 11 is 0. The molecular formula is C40H48O13. The van der Waals surface area contributed by atoms with Crippen molar-refractivity contribution in [1.82, 2.24) is 0 Å². The van der Waals surface area contributed by atoms with Crippen LogP contribution in [0, 0.1) is 23.7 Å². The molecular weight excluding hydrogens is 688 g/mol. The molecule has 0 aromatic heterocycles. The average molecular weight is 737 g/mol. The van der Waals surface area contributed by atoms with Gasteiger partial charge in [0, 0.05) is 12.1 Å². The van der Waals surface area contributed by atoms with E-state index in [2.05, 4.69) is 0 Å². The third-order valence-electron chi connectivity index (χ3n) is 8.89. The van der Waals surface area contributed by atoms with E-state index in [4.69, 9.17) is 42.6 Å². The zero-order chi connectivity index (χ0) is 37.1. The maximum atomic E-state index is 13.2. The molecule has 0 amide bonds. The van der Waals surface area contributed by atoms with Gasteiger partial charge >= 0.3 is 23.9 Å². The molecule has 0 spiro atoms. The van der Waals surface area contributed by atoms with Crippen LogP contribution >= 0.6 is 0 Å². The summed E-state index contributed by atoms with van der Waals surface area (Å²) in [6.45, 7) is 2.45. The molecule has 1 aliphatic heterocycles. The Morgan fingerprint density at radius 3 is 1.11 bits per heavy atom. The molecule has 0 unspecified atom stereocenters. The molecule has 4 atom stereocenters. The molecule has 0 N–H and O–H groups in total. The number of hydrogen-bond donors (Lipinski definition) is 0. The summed E-state index contributed by atoms with van der Waals surface area (Å²) < 4.78 is 50.5. The van der Waals surface area contributed by atoms with Crippen LogP contribution in [0.4, 0.5) is 0 Å². The molecule has 0 saturated carbocycles. The lowest BCUT2D eigenvalue weighted by Crippen LogP contribution is -2.35. The Balaban J connectivity index is 1.15. The number of carbonyl (C=O) groups is 4. The Morgan fingerprint density at radius 2 is 0.717 bits per heavy atom. The van der Waals surface area contributed by atoms with Crippen LogP contribution in [0.5, 0.6) is 23.0 Å². The molecule has 286 valence electrons. The van der Waals surface area contributed by atoms with Crippen molar-refractivity contribution in [2.24, 2.45) is 23.7 Å². The molecule has 0 fully saturated rings. The number of hydrogen-bond acceptors (Lipinski definition) is 13. The average Bonchev–Trinajstić information content (AvgIpc) is 3.17. The smallest absolute Gasteiger partial charge is 0.315 e. The number of ether oxygens (including phenoxy) is 9. The Kier molecular flexibility index (Phi) is 16.2. The molecule has 2 aromatic carbocycles. The molecule has 1 heterocycles. The third-order valence-corrected chi connectivity index (χ3v) is 8.89. The van der Waals surface area contributed by atoms with Crippen molar-refractivity contribution in [1.29, 1.82) is 0 Å². The number of fused-ring (bicyclic) bond motifs is 6. The van der Waals surface area contributed by atoms with Gasteiger partial charge in [-0.25, -0.2) is 0 Å². The van der Waals surface area contributed by atoms with Crippen LogP contribution in [0.15, 0.2) is 72.8 Å². The molecule has 2 aliphatic carbocycles. The minimum atomic E-state index is -0.679. The quantitative estimate of drug-likeness (QED) is 0.202. The molecule has 0 radical (unpaired) electrons. The number of cyclic esters (lactones) is 2. The second-order valence-corrected chi connectivity index (χ2v) is 12.7. The fourth-order valence-electron chi connectivity index (χ4n) is 6.05. The highest BCUT2D eigenvalue weighted by atomic mass is 16.6. The van der Waals surface area contributed by atoms with Gasteiger partial charge in [0.2, 0.25) is 0 Å². The van der Waals surface area contributed by atoms with E-state index in [0.717, 1.165) is 0 Å². The number of benzene rings is 2. The highest BCUT2D eigenvalue weighted by molar-refractivity contribution is 5.84. The Morgan fingerprint density at radius 1 is 0.377 bits per heavy atom. The van der Waals surface area contributed by atoms with Gasteiger partial charge in [0.15, 0.2) is 0 Å². The Hall–Kier alpha value is -4.72. The SMILES string of the molecule is O=C1Oc2cccc(c2)OCCCCOc2cccc(c2)OC(=O)[C@@H]2CC=CC[C@@H]2C(=O)OCCOCCOCCOCCOC(=O)[C@@H]2CC=CC[C@H]12. The van der Waals surface area contributed by atoms with Crippen LogP contribution in [0.3, 0.4) is 0 Å². The van der Waals surface area contributed by atoms with E-state index in [0.29, 0.717) is 88.0 Å². The van der Waals surface area contributed by atoms with Crippen molar-refractivity contribution >= 4 is 23.9 Å².